The van der Waals surface area contributed by atoms with E-state index in [1.54, 1.807) is 19.0 Å². The highest BCUT2D eigenvalue weighted by Gasteiger charge is 2.51. The molecule has 3 saturated carbocycles. The van der Waals surface area contributed by atoms with E-state index < -0.39 is 12.2 Å². The number of hydrogen-bond donors (Lipinski definition) is 2. The van der Waals surface area contributed by atoms with Crippen LogP contribution < -0.4 is 0 Å². The van der Waals surface area contributed by atoms with Gasteiger partial charge in [0, 0.05) is 20.5 Å². The highest BCUT2D eigenvalue weighted by atomic mass is 16.5. The van der Waals surface area contributed by atoms with E-state index in [0.717, 1.165) is 24.0 Å². The zero-order chi connectivity index (χ0) is 22.8. The van der Waals surface area contributed by atoms with Gasteiger partial charge in [-0.2, -0.15) is 0 Å². The molecule has 0 heterocycles. The lowest BCUT2D eigenvalue weighted by Gasteiger charge is -2.44. The molecule has 3 rings (SSSR count). The van der Waals surface area contributed by atoms with E-state index in [-0.39, 0.29) is 17.4 Å². The van der Waals surface area contributed by atoms with Gasteiger partial charge in [0.15, 0.2) is 0 Å². The van der Waals surface area contributed by atoms with Gasteiger partial charge in [0.25, 0.3) is 0 Å². The Morgan fingerprint density at radius 2 is 2.06 bits per heavy atom. The summed E-state index contributed by atoms with van der Waals surface area (Å²) in [6, 6.07) is 0. The molecular formula is C26H41NO4. The Kier molecular flexibility index (Phi) is 7.82. The van der Waals surface area contributed by atoms with Crippen LogP contribution in [0.3, 0.4) is 0 Å². The molecule has 3 fully saturated rings. The third kappa shape index (κ3) is 5.32. The SMILES string of the molecule is C=C1C(=CC=C2CCC[C@]3(C)[C@@H]([C@H](C)OCCC(=O)N(C)C)CC[C@@H]23)C[C@@H](O)C[C@@H]1O. The number of carbonyl (C=O) groups is 1. The van der Waals surface area contributed by atoms with Crippen molar-refractivity contribution in [3.05, 3.63) is 35.5 Å². The Hall–Kier alpha value is -1.43. The highest BCUT2D eigenvalue weighted by Crippen LogP contribution is 2.58. The second-order valence-corrected chi connectivity index (χ2v) is 10.3. The third-order valence-corrected chi connectivity index (χ3v) is 8.06. The number of rotatable bonds is 6. The van der Waals surface area contributed by atoms with Crippen LogP contribution in [0.2, 0.25) is 0 Å². The molecule has 174 valence electrons. The highest BCUT2D eigenvalue weighted by molar-refractivity contribution is 5.75. The van der Waals surface area contributed by atoms with Gasteiger partial charge in [0.1, 0.15) is 0 Å². The van der Waals surface area contributed by atoms with Gasteiger partial charge in [-0.25, -0.2) is 0 Å². The van der Waals surface area contributed by atoms with Gasteiger partial charge in [-0.15, -0.1) is 0 Å². The molecule has 3 aliphatic carbocycles. The zero-order valence-electron chi connectivity index (χ0n) is 19.8. The second-order valence-electron chi connectivity index (χ2n) is 10.3. The summed E-state index contributed by atoms with van der Waals surface area (Å²) in [5.41, 5.74) is 3.43. The molecule has 0 radical (unpaired) electrons. The van der Waals surface area contributed by atoms with Crippen molar-refractivity contribution in [1.29, 1.82) is 0 Å². The van der Waals surface area contributed by atoms with E-state index in [1.165, 1.54) is 24.8 Å². The summed E-state index contributed by atoms with van der Waals surface area (Å²) in [6.45, 7) is 9.12. The van der Waals surface area contributed by atoms with Crippen molar-refractivity contribution in [3.63, 3.8) is 0 Å². The van der Waals surface area contributed by atoms with Crippen molar-refractivity contribution >= 4 is 5.91 Å². The van der Waals surface area contributed by atoms with Crippen LogP contribution in [0.1, 0.15) is 65.2 Å². The lowest BCUT2D eigenvalue weighted by molar-refractivity contribution is -0.130. The Morgan fingerprint density at radius 1 is 1.32 bits per heavy atom. The van der Waals surface area contributed by atoms with Crippen LogP contribution in [0.25, 0.3) is 0 Å². The molecule has 1 amide bonds. The minimum Gasteiger partial charge on any atom is -0.393 e. The van der Waals surface area contributed by atoms with Gasteiger partial charge in [0.05, 0.1) is 31.3 Å². The summed E-state index contributed by atoms with van der Waals surface area (Å²) in [4.78, 5) is 13.5. The molecule has 0 aromatic rings. The lowest BCUT2D eigenvalue weighted by atomic mass is 9.62. The van der Waals surface area contributed by atoms with Crippen LogP contribution in [-0.4, -0.2) is 60.0 Å². The lowest BCUT2D eigenvalue weighted by Crippen LogP contribution is -2.39. The smallest absolute Gasteiger partial charge is 0.224 e. The van der Waals surface area contributed by atoms with Crippen LogP contribution >= 0.6 is 0 Å². The third-order valence-electron chi connectivity index (χ3n) is 8.06. The number of fused-ring (bicyclic) bond motifs is 1. The normalized spacial score (nSPS) is 37.2. The zero-order valence-corrected chi connectivity index (χ0v) is 19.8. The first-order valence-electron chi connectivity index (χ1n) is 11.9. The summed E-state index contributed by atoms with van der Waals surface area (Å²) in [5.74, 6) is 1.15. The molecule has 0 aromatic carbocycles. The average molecular weight is 432 g/mol. The van der Waals surface area contributed by atoms with Crippen molar-refractivity contribution in [2.45, 2.75) is 83.5 Å². The minimum atomic E-state index is -0.641. The Bertz CT molecular complexity index is 740. The molecule has 31 heavy (non-hydrogen) atoms. The van der Waals surface area contributed by atoms with E-state index in [9.17, 15) is 15.0 Å². The van der Waals surface area contributed by atoms with E-state index >= 15 is 0 Å². The fourth-order valence-electron chi connectivity index (χ4n) is 6.19. The average Bonchev–Trinajstić information content (AvgIpc) is 3.06. The molecule has 0 aromatic heterocycles. The van der Waals surface area contributed by atoms with E-state index in [0.29, 0.717) is 37.7 Å². The van der Waals surface area contributed by atoms with Crippen LogP contribution in [-0.2, 0) is 9.53 Å². The van der Waals surface area contributed by atoms with Crippen molar-refractivity contribution < 1.29 is 19.7 Å². The first kappa shape index (κ1) is 24.2. The van der Waals surface area contributed by atoms with Crippen molar-refractivity contribution in [1.82, 2.24) is 4.90 Å². The van der Waals surface area contributed by atoms with Crippen LogP contribution in [0.4, 0.5) is 0 Å². The molecule has 5 nitrogen and oxygen atoms in total. The summed E-state index contributed by atoms with van der Waals surface area (Å²) in [5, 5.41) is 20.1. The molecule has 0 saturated heterocycles. The maximum absolute atomic E-state index is 11.8. The van der Waals surface area contributed by atoms with Gasteiger partial charge in [-0.05, 0) is 73.8 Å². The maximum Gasteiger partial charge on any atom is 0.224 e. The number of carbonyl (C=O) groups excluding carboxylic acids is 1. The molecule has 0 bridgehead atoms. The number of aliphatic hydroxyl groups excluding tert-OH is 2. The number of amides is 1. The Balaban J connectivity index is 1.68. The van der Waals surface area contributed by atoms with Crippen LogP contribution in [0.5, 0.6) is 0 Å². The largest absolute Gasteiger partial charge is 0.393 e. The predicted molar refractivity (Wildman–Crippen MR) is 123 cm³/mol. The number of allylic oxidation sites excluding steroid dienone is 3. The van der Waals surface area contributed by atoms with E-state index in [4.69, 9.17) is 4.74 Å². The number of hydrogen-bond acceptors (Lipinski definition) is 4. The van der Waals surface area contributed by atoms with E-state index in [2.05, 4.69) is 32.6 Å². The molecule has 2 N–H and O–H groups in total. The molecule has 0 unspecified atom stereocenters. The summed E-state index contributed by atoms with van der Waals surface area (Å²) >= 11 is 0. The first-order valence-corrected chi connectivity index (χ1v) is 11.9. The van der Waals surface area contributed by atoms with Gasteiger partial charge < -0.3 is 19.8 Å². The van der Waals surface area contributed by atoms with Crippen LogP contribution in [0.15, 0.2) is 35.5 Å². The quantitative estimate of drug-likeness (QED) is 0.667. The number of aliphatic hydroxyl groups is 2. The standard InChI is InChI=1S/C26H41NO4/c1-17-20(15-21(28)16-24(17)29)9-8-19-7-6-13-26(3)22(10-11-23(19)26)18(2)31-14-12-25(30)27(4)5/h8-9,18,21-24,28-29H,1,6-7,10-16H2,2-5H3/t18-,21+,22+,23-,24-,26+/m0/s1. The molecule has 0 aliphatic heterocycles. The molecular weight excluding hydrogens is 390 g/mol. The van der Waals surface area contributed by atoms with Gasteiger partial charge in [0.2, 0.25) is 5.91 Å². The fraction of sp³-hybridized carbons (Fsp3) is 0.731. The minimum absolute atomic E-state index is 0.109. The predicted octanol–water partition coefficient (Wildman–Crippen LogP) is 4.01. The molecule has 0 spiro atoms. The Labute approximate surface area is 187 Å². The van der Waals surface area contributed by atoms with Crippen LogP contribution in [0, 0.1) is 17.3 Å². The molecule has 5 heteroatoms. The van der Waals surface area contributed by atoms with Gasteiger partial charge >= 0.3 is 0 Å². The van der Waals surface area contributed by atoms with Crippen molar-refractivity contribution in [2.75, 3.05) is 20.7 Å². The second kappa shape index (κ2) is 10.0. The topological polar surface area (TPSA) is 70.0 Å². The van der Waals surface area contributed by atoms with Gasteiger partial charge in [-0.1, -0.05) is 31.2 Å². The fourth-order valence-corrected chi connectivity index (χ4v) is 6.19. The van der Waals surface area contributed by atoms with Crippen molar-refractivity contribution in [2.24, 2.45) is 17.3 Å². The summed E-state index contributed by atoms with van der Waals surface area (Å²) in [6.07, 6.45) is 10.6. The van der Waals surface area contributed by atoms with Crippen molar-refractivity contribution in [3.8, 4) is 0 Å². The monoisotopic (exact) mass is 431 g/mol. The number of ether oxygens (including phenoxy) is 1. The van der Waals surface area contributed by atoms with E-state index in [1.807, 2.05) is 0 Å². The molecule has 6 atom stereocenters. The molecule has 3 aliphatic rings. The Morgan fingerprint density at radius 3 is 2.77 bits per heavy atom. The van der Waals surface area contributed by atoms with Gasteiger partial charge in [-0.3, -0.25) is 4.79 Å². The maximum atomic E-state index is 11.8. The summed E-state index contributed by atoms with van der Waals surface area (Å²) in [7, 11) is 3.56. The summed E-state index contributed by atoms with van der Waals surface area (Å²) < 4.78 is 6.14. The first-order chi connectivity index (χ1) is 14.6. The number of nitrogens with zero attached hydrogens (tertiary/aromatic N) is 1.